The zero-order valence-electron chi connectivity index (χ0n) is 22.3. The van der Waals surface area contributed by atoms with Crippen molar-refractivity contribution < 1.29 is 23.9 Å². The highest BCUT2D eigenvalue weighted by Crippen LogP contribution is 2.35. The van der Waals surface area contributed by atoms with Gasteiger partial charge < -0.3 is 19.7 Å². The summed E-state index contributed by atoms with van der Waals surface area (Å²) in [6, 6.07) is 17.4. The average molecular weight is 522 g/mol. The molecule has 0 unspecified atom stereocenters. The molecule has 0 saturated carbocycles. The number of piperidine rings is 1. The molecular formula is C30H39N3O5. The largest absolute Gasteiger partial charge is 0.465 e. The number of nitrogens with zero attached hydrogens (tertiary/aromatic N) is 1. The van der Waals surface area contributed by atoms with E-state index < -0.39 is 18.1 Å². The van der Waals surface area contributed by atoms with Crippen molar-refractivity contribution in [3.05, 3.63) is 71.8 Å². The fraction of sp³-hybridized carbons (Fsp3) is 0.500. The van der Waals surface area contributed by atoms with E-state index in [-0.39, 0.29) is 43.0 Å². The number of carbonyl (C=O) groups excluding carboxylic acids is 3. The molecular weight excluding hydrogens is 482 g/mol. The molecule has 2 fully saturated rings. The van der Waals surface area contributed by atoms with Crippen molar-refractivity contribution in [3.8, 4) is 0 Å². The van der Waals surface area contributed by atoms with Crippen molar-refractivity contribution in [1.82, 2.24) is 15.5 Å². The molecule has 2 aromatic carbocycles. The number of ether oxygens (including phenoxy) is 2. The fourth-order valence-electron chi connectivity index (χ4n) is 5.54. The molecule has 5 atom stereocenters. The highest BCUT2D eigenvalue weighted by molar-refractivity contribution is 5.89. The van der Waals surface area contributed by atoms with E-state index in [0.29, 0.717) is 25.8 Å². The minimum absolute atomic E-state index is 0.0832. The van der Waals surface area contributed by atoms with Gasteiger partial charge in [0.05, 0.1) is 12.6 Å². The molecule has 2 aliphatic rings. The molecule has 2 N–H and O–H groups in total. The number of amides is 1. The first kappa shape index (κ1) is 27.8. The Balaban J connectivity index is 1.45. The Morgan fingerprint density at radius 1 is 1.03 bits per heavy atom. The van der Waals surface area contributed by atoms with Gasteiger partial charge in [-0.15, -0.1) is 0 Å². The molecule has 2 saturated heterocycles. The number of rotatable bonds is 11. The van der Waals surface area contributed by atoms with Crippen LogP contribution in [0.15, 0.2) is 60.7 Å². The van der Waals surface area contributed by atoms with Crippen LogP contribution in [0.4, 0.5) is 0 Å². The lowest BCUT2D eigenvalue weighted by atomic mass is 9.92. The third kappa shape index (κ3) is 6.99. The van der Waals surface area contributed by atoms with Crippen molar-refractivity contribution in [2.75, 3.05) is 19.7 Å². The maximum absolute atomic E-state index is 13.9. The lowest BCUT2D eigenvalue weighted by molar-refractivity contribution is -0.156. The first-order valence-electron chi connectivity index (χ1n) is 13.7. The SMILES string of the molecule is CCOC(=O)[C@@H](CCc1ccccc1)N[C@H](C)C(=O)N1[C@H](C(=O)OCc2ccccc2)C[C@H]2CCNC[C@@H]21. The van der Waals surface area contributed by atoms with E-state index in [2.05, 4.69) is 10.6 Å². The monoisotopic (exact) mass is 521 g/mol. The smallest absolute Gasteiger partial charge is 0.329 e. The van der Waals surface area contributed by atoms with E-state index >= 15 is 0 Å². The Labute approximate surface area is 225 Å². The Bertz CT molecular complexity index is 1060. The molecule has 38 heavy (non-hydrogen) atoms. The maximum atomic E-state index is 13.9. The van der Waals surface area contributed by atoms with E-state index in [9.17, 15) is 14.4 Å². The normalized spacial score (nSPS) is 22.3. The van der Waals surface area contributed by atoms with Crippen LogP contribution >= 0.6 is 0 Å². The van der Waals surface area contributed by atoms with E-state index in [1.54, 1.807) is 18.7 Å². The van der Waals surface area contributed by atoms with Gasteiger partial charge in [-0.2, -0.15) is 0 Å². The van der Waals surface area contributed by atoms with Crippen molar-refractivity contribution in [1.29, 1.82) is 0 Å². The molecule has 1 amide bonds. The van der Waals surface area contributed by atoms with Gasteiger partial charge in [0.15, 0.2) is 0 Å². The molecule has 2 aliphatic heterocycles. The molecule has 204 valence electrons. The minimum atomic E-state index is -0.676. The number of aryl methyl sites for hydroxylation is 1. The van der Waals surface area contributed by atoms with Gasteiger partial charge in [-0.3, -0.25) is 14.9 Å². The molecule has 0 radical (unpaired) electrons. The minimum Gasteiger partial charge on any atom is -0.465 e. The Kier molecular flexibility index (Phi) is 9.90. The highest BCUT2D eigenvalue weighted by atomic mass is 16.5. The summed E-state index contributed by atoms with van der Waals surface area (Å²) in [4.78, 5) is 41.6. The number of esters is 2. The number of hydrogen-bond donors (Lipinski definition) is 2. The van der Waals surface area contributed by atoms with Gasteiger partial charge in [-0.05, 0) is 63.1 Å². The van der Waals surface area contributed by atoms with Crippen molar-refractivity contribution in [2.45, 2.75) is 70.3 Å². The molecule has 8 heteroatoms. The zero-order chi connectivity index (χ0) is 26.9. The number of hydrogen-bond acceptors (Lipinski definition) is 7. The van der Waals surface area contributed by atoms with Crippen LogP contribution in [0.25, 0.3) is 0 Å². The number of benzene rings is 2. The fourth-order valence-corrected chi connectivity index (χ4v) is 5.54. The summed E-state index contributed by atoms with van der Waals surface area (Å²) in [6.45, 7) is 5.47. The van der Waals surface area contributed by atoms with Crippen LogP contribution in [0, 0.1) is 5.92 Å². The second-order valence-corrected chi connectivity index (χ2v) is 10.1. The van der Waals surface area contributed by atoms with E-state index in [1.807, 2.05) is 60.7 Å². The van der Waals surface area contributed by atoms with Crippen molar-refractivity contribution in [2.24, 2.45) is 5.92 Å². The Hall–Kier alpha value is -3.23. The van der Waals surface area contributed by atoms with Crippen LogP contribution in [0.2, 0.25) is 0 Å². The summed E-state index contributed by atoms with van der Waals surface area (Å²) >= 11 is 0. The van der Waals surface area contributed by atoms with Crippen molar-refractivity contribution >= 4 is 17.8 Å². The maximum Gasteiger partial charge on any atom is 0.329 e. The van der Waals surface area contributed by atoms with E-state index in [0.717, 1.165) is 24.1 Å². The number of nitrogens with one attached hydrogen (secondary N) is 2. The van der Waals surface area contributed by atoms with E-state index in [4.69, 9.17) is 9.47 Å². The number of carbonyl (C=O) groups is 3. The third-order valence-electron chi connectivity index (χ3n) is 7.52. The lowest BCUT2D eigenvalue weighted by Crippen LogP contribution is -2.58. The highest BCUT2D eigenvalue weighted by Gasteiger charge is 2.49. The van der Waals surface area contributed by atoms with Gasteiger partial charge in [-0.1, -0.05) is 60.7 Å². The topological polar surface area (TPSA) is 97.0 Å². The van der Waals surface area contributed by atoms with E-state index in [1.165, 1.54) is 0 Å². The summed E-state index contributed by atoms with van der Waals surface area (Å²) < 4.78 is 11.0. The third-order valence-corrected chi connectivity index (χ3v) is 7.52. The molecule has 2 heterocycles. The van der Waals surface area contributed by atoms with Crippen LogP contribution in [0.3, 0.4) is 0 Å². The lowest BCUT2D eigenvalue weighted by Gasteiger charge is -2.36. The summed E-state index contributed by atoms with van der Waals surface area (Å²) in [5, 5.41) is 6.59. The summed E-state index contributed by atoms with van der Waals surface area (Å²) in [6.07, 6.45) is 2.66. The molecule has 0 bridgehead atoms. The predicted molar refractivity (Wildman–Crippen MR) is 144 cm³/mol. The van der Waals surface area contributed by atoms with Crippen LogP contribution in [-0.2, 0) is 36.9 Å². The molecule has 8 nitrogen and oxygen atoms in total. The molecule has 4 rings (SSSR count). The van der Waals surface area contributed by atoms with Gasteiger partial charge in [0.1, 0.15) is 18.7 Å². The van der Waals surface area contributed by atoms with Crippen LogP contribution in [0.5, 0.6) is 0 Å². The Morgan fingerprint density at radius 2 is 1.71 bits per heavy atom. The van der Waals surface area contributed by atoms with Crippen molar-refractivity contribution in [3.63, 3.8) is 0 Å². The van der Waals surface area contributed by atoms with Gasteiger partial charge in [-0.25, -0.2) is 4.79 Å². The van der Waals surface area contributed by atoms with Crippen LogP contribution in [-0.4, -0.2) is 66.6 Å². The van der Waals surface area contributed by atoms with Crippen LogP contribution in [0.1, 0.15) is 44.2 Å². The summed E-state index contributed by atoms with van der Waals surface area (Å²) in [7, 11) is 0. The van der Waals surface area contributed by atoms with Crippen LogP contribution < -0.4 is 10.6 Å². The second kappa shape index (κ2) is 13.5. The van der Waals surface area contributed by atoms with Gasteiger partial charge in [0, 0.05) is 12.6 Å². The first-order chi connectivity index (χ1) is 18.5. The predicted octanol–water partition coefficient (Wildman–Crippen LogP) is 2.85. The van der Waals surface area contributed by atoms with Gasteiger partial charge in [0.25, 0.3) is 0 Å². The standard InChI is InChI=1S/C30H39N3O5/c1-3-37-29(35)25(15-14-22-10-6-4-7-11-22)32-21(2)28(34)33-26(18-24-16-17-31-19-27(24)33)30(36)38-20-23-12-8-5-9-13-23/h4-13,21,24-27,31-32H,3,14-20H2,1-2H3/t21-,24-,25-,26+,27+/m1/s1. The molecule has 0 aromatic heterocycles. The number of likely N-dealkylation sites (tertiary alicyclic amines) is 1. The zero-order valence-corrected chi connectivity index (χ0v) is 22.3. The summed E-state index contributed by atoms with van der Waals surface area (Å²) in [5.74, 6) is -0.715. The van der Waals surface area contributed by atoms with Gasteiger partial charge in [0.2, 0.25) is 5.91 Å². The Morgan fingerprint density at radius 3 is 2.39 bits per heavy atom. The molecule has 0 aliphatic carbocycles. The summed E-state index contributed by atoms with van der Waals surface area (Å²) in [5.41, 5.74) is 2.01. The van der Waals surface area contributed by atoms with Gasteiger partial charge >= 0.3 is 11.9 Å². The number of fused-ring (bicyclic) bond motifs is 1. The average Bonchev–Trinajstić information content (AvgIpc) is 3.34. The second-order valence-electron chi connectivity index (χ2n) is 10.1. The first-order valence-corrected chi connectivity index (χ1v) is 13.7. The quantitative estimate of drug-likeness (QED) is 0.439. The molecule has 2 aromatic rings. The molecule has 0 spiro atoms.